The summed E-state index contributed by atoms with van der Waals surface area (Å²) in [5.74, 6) is 0.723. The van der Waals surface area contributed by atoms with Crippen LogP contribution in [0.3, 0.4) is 0 Å². The Balaban J connectivity index is 1.43. The highest BCUT2D eigenvalue weighted by Gasteiger charge is 2.25. The van der Waals surface area contributed by atoms with E-state index in [1.54, 1.807) is 42.6 Å². The predicted molar refractivity (Wildman–Crippen MR) is 145 cm³/mol. The van der Waals surface area contributed by atoms with E-state index >= 15 is 0 Å². The van der Waals surface area contributed by atoms with Crippen molar-refractivity contribution in [1.29, 1.82) is 0 Å². The van der Waals surface area contributed by atoms with Crippen LogP contribution >= 0.6 is 0 Å². The van der Waals surface area contributed by atoms with Crippen molar-refractivity contribution in [2.75, 3.05) is 37.4 Å². The van der Waals surface area contributed by atoms with Crippen LogP contribution in [0.4, 0.5) is 5.69 Å². The van der Waals surface area contributed by atoms with Gasteiger partial charge in [-0.1, -0.05) is 44.9 Å². The first-order valence-corrected chi connectivity index (χ1v) is 14.3. The summed E-state index contributed by atoms with van der Waals surface area (Å²) in [6.07, 6.45) is 5.24. The second-order valence-corrected chi connectivity index (χ2v) is 11.3. The maximum absolute atomic E-state index is 13.2. The van der Waals surface area contributed by atoms with Gasteiger partial charge in [-0.05, 0) is 55.2 Å². The van der Waals surface area contributed by atoms with Crippen molar-refractivity contribution in [3.63, 3.8) is 0 Å². The Morgan fingerprint density at radius 3 is 2.50 bits per heavy atom. The van der Waals surface area contributed by atoms with E-state index in [2.05, 4.69) is 28.5 Å². The summed E-state index contributed by atoms with van der Waals surface area (Å²) in [4.78, 5) is 22.0. The molecule has 36 heavy (non-hydrogen) atoms. The number of para-hydroxylation sites is 1. The molecule has 1 atom stereocenters. The number of nitrogens with zero attached hydrogens (tertiary/aromatic N) is 3. The SMILES string of the molecule is CCCC(CC)CN1CCN(C(=O)c2ccc(NS(=O)(=O)c3cccc4cccnc34)cc2C)CC1. The van der Waals surface area contributed by atoms with Gasteiger partial charge in [0.15, 0.2) is 0 Å². The number of hydrogen-bond donors (Lipinski definition) is 1. The Morgan fingerprint density at radius 2 is 1.81 bits per heavy atom. The minimum absolute atomic E-state index is 0.000380. The number of aromatic nitrogens is 1. The fourth-order valence-corrected chi connectivity index (χ4v) is 6.20. The molecule has 1 aliphatic heterocycles. The second kappa shape index (κ2) is 11.4. The molecule has 1 aromatic heterocycles. The van der Waals surface area contributed by atoms with E-state index in [9.17, 15) is 13.2 Å². The number of amides is 1. The molecule has 0 radical (unpaired) electrons. The van der Waals surface area contributed by atoms with Crippen molar-refractivity contribution in [3.8, 4) is 0 Å². The average Bonchev–Trinajstić information content (AvgIpc) is 2.88. The molecule has 1 unspecified atom stereocenters. The van der Waals surface area contributed by atoms with Crippen LogP contribution in [0.25, 0.3) is 10.9 Å². The summed E-state index contributed by atoms with van der Waals surface area (Å²) in [7, 11) is -3.85. The number of hydrogen-bond acceptors (Lipinski definition) is 5. The lowest BCUT2D eigenvalue weighted by Crippen LogP contribution is -2.49. The first-order valence-electron chi connectivity index (χ1n) is 12.8. The zero-order valence-corrected chi connectivity index (χ0v) is 22.2. The standard InChI is InChI=1S/C28H36N4O3S/c1-4-8-22(5-2)20-31-15-17-32(18-16-31)28(33)25-13-12-24(19-21(25)3)30-36(34,35)26-11-6-9-23-10-7-14-29-27(23)26/h6-7,9-14,19,22,30H,4-5,8,15-18,20H2,1-3H3. The second-order valence-electron chi connectivity index (χ2n) is 9.62. The molecule has 1 N–H and O–H groups in total. The summed E-state index contributed by atoms with van der Waals surface area (Å²) < 4.78 is 28.9. The zero-order valence-electron chi connectivity index (χ0n) is 21.4. The van der Waals surface area contributed by atoms with Crippen molar-refractivity contribution >= 4 is 32.5 Å². The van der Waals surface area contributed by atoms with Crippen molar-refractivity contribution < 1.29 is 13.2 Å². The molecule has 2 aromatic carbocycles. The number of anilines is 1. The maximum atomic E-state index is 13.2. The van der Waals surface area contributed by atoms with E-state index in [4.69, 9.17) is 0 Å². The Kier molecular flexibility index (Phi) is 8.26. The molecule has 2 heterocycles. The average molecular weight is 509 g/mol. The Labute approximate surface area is 214 Å². The Hall–Kier alpha value is -2.97. The lowest BCUT2D eigenvalue weighted by molar-refractivity contribution is 0.0612. The molecule has 4 rings (SSSR count). The third-order valence-electron chi connectivity index (χ3n) is 7.04. The maximum Gasteiger partial charge on any atom is 0.264 e. The van der Waals surface area contributed by atoms with Gasteiger partial charge < -0.3 is 4.90 Å². The van der Waals surface area contributed by atoms with Gasteiger partial charge in [-0.25, -0.2) is 8.42 Å². The highest BCUT2D eigenvalue weighted by molar-refractivity contribution is 7.93. The van der Waals surface area contributed by atoms with Crippen LogP contribution in [0.15, 0.2) is 59.6 Å². The fraction of sp³-hybridized carbons (Fsp3) is 0.429. The predicted octanol–water partition coefficient (Wildman–Crippen LogP) is 4.93. The van der Waals surface area contributed by atoms with Crippen molar-refractivity contribution in [2.45, 2.75) is 44.9 Å². The summed E-state index contributed by atoms with van der Waals surface area (Å²) in [6.45, 7) is 10.6. The summed E-state index contributed by atoms with van der Waals surface area (Å²) >= 11 is 0. The molecule has 0 aliphatic carbocycles. The number of sulfonamides is 1. The molecular formula is C28H36N4O3S. The van der Waals surface area contributed by atoms with Gasteiger partial charge in [0.1, 0.15) is 4.90 Å². The Morgan fingerprint density at radius 1 is 1.06 bits per heavy atom. The molecule has 3 aromatic rings. The number of fused-ring (bicyclic) bond motifs is 1. The zero-order chi connectivity index (χ0) is 25.7. The highest BCUT2D eigenvalue weighted by Crippen LogP contribution is 2.25. The first kappa shape index (κ1) is 26.1. The molecule has 7 nitrogen and oxygen atoms in total. The quantitative estimate of drug-likeness (QED) is 0.443. The van der Waals surface area contributed by atoms with E-state index < -0.39 is 10.0 Å². The third-order valence-corrected chi connectivity index (χ3v) is 8.46. The number of nitrogens with one attached hydrogen (secondary N) is 1. The lowest BCUT2D eigenvalue weighted by Gasteiger charge is -2.36. The van der Waals surface area contributed by atoms with Crippen LogP contribution < -0.4 is 4.72 Å². The molecule has 1 saturated heterocycles. The van der Waals surface area contributed by atoms with Crippen LogP contribution in [-0.2, 0) is 10.0 Å². The number of piperazine rings is 1. The van der Waals surface area contributed by atoms with Gasteiger partial charge in [-0.15, -0.1) is 0 Å². The fourth-order valence-electron chi connectivity index (χ4n) is 4.97. The number of aryl methyl sites for hydroxylation is 1. The first-order chi connectivity index (χ1) is 17.3. The number of benzene rings is 2. The molecule has 0 saturated carbocycles. The third kappa shape index (κ3) is 5.87. The number of carbonyl (C=O) groups excluding carboxylic acids is 1. The molecule has 8 heteroatoms. The van der Waals surface area contributed by atoms with Gasteiger partial charge >= 0.3 is 0 Å². The van der Waals surface area contributed by atoms with E-state index in [1.807, 2.05) is 24.0 Å². The van der Waals surface area contributed by atoms with Gasteiger partial charge in [-0.2, -0.15) is 0 Å². The lowest BCUT2D eigenvalue weighted by atomic mass is 10.00. The number of pyridine rings is 1. The Bertz CT molecular complexity index is 1310. The van der Waals surface area contributed by atoms with Crippen molar-refractivity contribution in [2.24, 2.45) is 5.92 Å². The van der Waals surface area contributed by atoms with Crippen LogP contribution in [0.5, 0.6) is 0 Å². The molecule has 1 aliphatic rings. The van der Waals surface area contributed by atoms with Crippen LogP contribution in [0.1, 0.15) is 49.0 Å². The normalized spacial score (nSPS) is 15.7. The largest absolute Gasteiger partial charge is 0.336 e. The van der Waals surface area contributed by atoms with Crippen molar-refractivity contribution in [3.05, 3.63) is 65.9 Å². The van der Waals surface area contributed by atoms with Gasteiger partial charge in [0.05, 0.1) is 5.52 Å². The highest BCUT2D eigenvalue weighted by atomic mass is 32.2. The summed E-state index contributed by atoms with van der Waals surface area (Å²) in [6, 6.07) is 13.8. The summed E-state index contributed by atoms with van der Waals surface area (Å²) in [5.41, 5.74) is 2.20. The smallest absolute Gasteiger partial charge is 0.264 e. The molecule has 1 fully saturated rings. The minimum atomic E-state index is -3.85. The van der Waals surface area contributed by atoms with Crippen LogP contribution in [0, 0.1) is 12.8 Å². The van der Waals surface area contributed by atoms with Gasteiger partial charge in [0, 0.05) is 55.6 Å². The van der Waals surface area contributed by atoms with Gasteiger partial charge in [-0.3, -0.25) is 19.4 Å². The number of carbonyl (C=O) groups is 1. The van der Waals surface area contributed by atoms with E-state index in [-0.39, 0.29) is 10.8 Å². The molecule has 192 valence electrons. The van der Waals surface area contributed by atoms with E-state index in [1.165, 1.54) is 19.3 Å². The summed E-state index contributed by atoms with van der Waals surface area (Å²) in [5, 5.41) is 0.758. The van der Waals surface area contributed by atoms with Crippen LogP contribution in [-0.4, -0.2) is 61.8 Å². The molecule has 0 bridgehead atoms. The van der Waals surface area contributed by atoms with E-state index in [0.29, 0.717) is 29.9 Å². The molecule has 0 spiro atoms. The van der Waals surface area contributed by atoms with Crippen LogP contribution in [0.2, 0.25) is 0 Å². The monoisotopic (exact) mass is 508 g/mol. The molecular weight excluding hydrogens is 472 g/mol. The minimum Gasteiger partial charge on any atom is -0.336 e. The van der Waals surface area contributed by atoms with Crippen molar-refractivity contribution in [1.82, 2.24) is 14.8 Å². The topological polar surface area (TPSA) is 82.6 Å². The number of rotatable bonds is 9. The van der Waals surface area contributed by atoms with E-state index in [0.717, 1.165) is 36.5 Å². The molecule has 1 amide bonds. The van der Waals surface area contributed by atoms with Gasteiger partial charge in [0.2, 0.25) is 0 Å². The van der Waals surface area contributed by atoms with Gasteiger partial charge in [0.25, 0.3) is 15.9 Å².